The van der Waals surface area contributed by atoms with Crippen LogP contribution in [-0.2, 0) is 0 Å². The number of anilines is 1. The molecular weight excluding hydrogens is 298 g/mol. The molecule has 6 heteroatoms. The molecule has 0 bridgehead atoms. The van der Waals surface area contributed by atoms with Crippen LogP contribution in [0.1, 0.15) is 10.4 Å². The molecule has 0 aliphatic carbocycles. The Kier molecular flexibility index (Phi) is 5.30. The van der Waals surface area contributed by atoms with Crippen molar-refractivity contribution in [2.45, 2.75) is 0 Å². The normalized spacial score (nSPS) is 10.0. The summed E-state index contributed by atoms with van der Waals surface area (Å²) in [5, 5.41) is 0. The van der Waals surface area contributed by atoms with Gasteiger partial charge in [0.25, 0.3) is 0 Å². The molecule has 2 N–H and O–H groups in total. The number of carbonyl (C=O) groups excluding carboxylic acids is 1. The maximum absolute atomic E-state index is 12.4. The first-order valence-corrected chi connectivity index (χ1v) is 6.91. The summed E-state index contributed by atoms with van der Waals surface area (Å²) in [6, 6.07) is 10.1. The second kappa shape index (κ2) is 7.40. The minimum Gasteiger partial charge on any atom is -0.493 e. The molecule has 0 aliphatic heterocycles. The van der Waals surface area contributed by atoms with Gasteiger partial charge in [0.1, 0.15) is 5.75 Å². The molecule has 23 heavy (non-hydrogen) atoms. The average molecular weight is 317 g/mol. The highest BCUT2D eigenvalue weighted by Gasteiger charge is 2.20. The number of rotatable bonds is 7. The molecule has 0 fully saturated rings. The van der Waals surface area contributed by atoms with E-state index in [1.807, 2.05) is 0 Å². The number of nitrogen functional groups attached to an aromatic ring is 1. The molecule has 2 rings (SSSR count). The van der Waals surface area contributed by atoms with Gasteiger partial charge in [-0.3, -0.25) is 4.79 Å². The van der Waals surface area contributed by atoms with Crippen molar-refractivity contribution >= 4 is 11.5 Å². The summed E-state index contributed by atoms with van der Waals surface area (Å²) in [5.74, 6) is 1.44. The van der Waals surface area contributed by atoms with E-state index in [0.29, 0.717) is 34.2 Å². The van der Waals surface area contributed by atoms with Gasteiger partial charge < -0.3 is 24.7 Å². The predicted molar refractivity (Wildman–Crippen MR) is 86.8 cm³/mol. The number of methoxy groups -OCH3 is 3. The zero-order chi connectivity index (χ0) is 16.8. The van der Waals surface area contributed by atoms with E-state index in [4.69, 9.17) is 24.7 Å². The number of benzene rings is 2. The lowest BCUT2D eigenvalue weighted by atomic mass is 10.1. The third kappa shape index (κ3) is 3.66. The molecule has 0 radical (unpaired) electrons. The number of ether oxygens (including phenoxy) is 4. The predicted octanol–water partition coefficient (Wildman–Crippen LogP) is 2.56. The minimum absolute atomic E-state index is 0.144. The van der Waals surface area contributed by atoms with Gasteiger partial charge in [-0.05, 0) is 24.3 Å². The molecule has 0 saturated heterocycles. The van der Waals surface area contributed by atoms with Gasteiger partial charge in [-0.1, -0.05) is 6.07 Å². The Morgan fingerprint density at radius 3 is 2.35 bits per heavy atom. The minimum atomic E-state index is -0.245. The fourth-order valence-electron chi connectivity index (χ4n) is 2.15. The van der Waals surface area contributed by atoms with E-state index in [2.05, 4.69) is 0 Å². The Morgan fingerprint density at radius 2 is 1.74 bits per heavy atom. The fourth-order valence-corrected chi connectivity index (χ4v) is 2.15. The van der Waals surface area contributed by atoms with Gasteiger partial charge in [-0.25, -0.2) is 0 Å². The molecule has 0 atom stereocenters. The molecule has 122 valence electrons. The van der Waals surface area contributed by atoms with Crippen LogP contribution < -0.4 is 24.7 Å². The summed E-state index contributed by atoms with van der Waals surface area (Å²) in [7, 11) is 4.46. The Balaban J connectivity index is 2.22. The first-order chi connectivity index (χ1) is 11.1. The first-order valence-electron chi connectivity index (χ1n) is 6.91. The molecule has 0 amide bonds. The van der Waals surface area contributed by atoms with Gasteiger partial charge in [0.2, 0.25) is 11.5 Å². The Labute approximate surface area is 134 Å². The quantitative estimate of drug-likeness (QED) is 0.624. The molecule has 0 spiro atoms. The van der Waals surface area contributed by atoms with Crippen LogP contribution in [0, 0.1) is 0 Å². The first kappa shape index (κ1) is 16.5. The Hall–Kier alpha value is -2.89. The standard InChI is InChI=1S/C17H19NO5/c1-20-15-8-7-13(16(21-2)17(15)22-3)14(19)10-23-12-6-4-5-11(18)9-12/h4-9H,10,18H2,1-3H3. The summed E-state index contributed by atoms with van der Waals surface area (Å²) in [6.07, 6.45) is 0. The van der Waals surface area contributed by atoms with Gasteiger partial charge in [0, 0.05) is 11.8 Å². The SMILES string of the molecule is COc1ccc(C(=O)COc2cccc(N)c2)c(OC)c1OC. The zero-order valence-corrected chi connectivity index (χ0v) is 13.3. The van der Waals surface area contributed by atoms with Crippen molar-refractivity contribution in [3.05, 3.63) is 42.0 Å². The summed E-state index contributed by atoms with van der Waals surface area (Å²) in [5.41, 5.74) is 6.60. The molecular formula is C17H19NO5. The molecule has 0 unspecified atom stereocenters. The van der Waals surface area contributed by atoms with Gasteiger partial charge >= 0.3 is 0 Å². The van der Waals surface area contributed by atoms with Crippen LogP contribution in [0.15, 0.2) is 36.4 Å². The second-order valence-electron chi connectivity index (χ2n) is 4.67. The number of carbonyl (C=O) groups is 1. The van der Waals surface area contributed by atoms with Crippen molar-refractivity contribution in [3.63, 3.8) is 0 Å². The van der Waals surface area contributed by atoms with Crippen LogP contribution in [0.4, 0.5) is 5.69 Å². The van der Waals surface area contributed by atoms with Gasteiger partial charge in [0.15, 0.2) is 18.1 Å². The van der Waals surface area contributed by atoms with Crippen LogP contribution in [-0.4, -0.2) is 33.7 Å². The molecule has 0 saturated carbocycles. The Morgan fingerprint density at radius 1 is 1.00 bits per heavy atom. The highest BCUT2D eigenvalue weighted by atomic mass is 16.5. The Bertz CT molecular complexity index is 699. The molecule has 0 heterocycles. The average Bonchev–Trinajstić information content (AvgIpc) is 2.58. The van der Waals surface area contributed by atoms with Crippen LogP contribution in [0.2, 0.25) is 0 Å². The fraction of sp³-hybridized carbons (Fsp3) is 0.235. The summed E-state index contributed by atoms with van der Waals surface area (Å²) >= 11 is 0. The van der Waals surface area contributed by atoms with Crippen molar-refractivity contribution in [1.29, 1.82) is 0 Å². The third-order valence-corrected chi connectivity index (χ3v) is 3.23. The van der Waals surface area contributed by atoms with E-state index >= 15 is 0 Å². The van der Waals surface area contributed by atoms with E-state index in [1.165, 1.54) is 21.3 Å². The second-order valence-corrected chi connectivity index (χ2v) is 4.67. The van der Waals surface area contributed by atoms with Crippen LogP contribution >= 0.6 is 0 Å². The lowest BCUT2D eigenvalue weighted by Gasteiger charge is -2.15. The summed E-state index contributed by atoms with van der Waals surface area (Å²) in [4.78, 5) is 12.4. The lowest BCUT2D eigenvalue weighted by molar-refractivity contribution is 0.0917. The van der Waals surface area contributed by atoms with E-state index in [1.54, 1.807) is 36.4 Å². The molecule has 2 aromatic carbocycles. The van der Waals surface area contributed by atoms with Crippen molar-refractivity contribution in [2.24, 2.45) is 0 Å². The van der Waals surface area contributed by atoms with Crippen molar-refractivity contribution < 1.29 is 23.7 Å². The van der Waals surface area contributed by atoms with Crippen molar-refractivity contribution in [1.82, 2.24) is 0 Å². The molecule has 0 aliphatic rings. The smallest absolute Gasteiger partial charge is 0.204 e. The maximum Gasteiger partial charge on any atom is 0.204 e. The van der Waals surface area contributed by atoms with E-state index < -0.39 is 0 Å². The third-order valence-electron chi connectivity index (χ3n) is 3.23. The number of ketones is 1. The van der Waals surface area contributed by atoms with Crippen molar-refractivity contribution in [2.75, 3.05) is 33.7 Å². The van der Waals surface area contributed by atoms with E-state index in [9.17, 15) is 4.79 Å². The zero-order valence-electron chi connectivity index (χ0n) is 13.3. The van der Waals surface area contributed by atoms with Gasteiger partial charge in [0.05, 0.1) is 26.9 Å². The van der Waals surface area contributed by atoms with Crippen LogP contribution in [0.3, 0.4) is 0 Å². The molecule has 0 aromatic heterocycles. The number of hydrogen-bond acceptors (Lipinski definition) is 6. The highest BCUT2D eigenvalue weighted by molar-refractivity contribution is 6.01. The van der Waals surface area contributed by atoms with Crippen LogP contribution in [0.25, 0.3) is 0 Å². The number of nitrogens with two attached hydrogens (primary N) is 1. The monoisotopic (exact) mass is 317 g/mol. The number of hydrogen-bond donors (Lipinski definition) is 1. The van der Waals surface area contributed by atoms with Crippen LogP contribution in [0.5, 0.6) is 23.0 Å². The van der Waals surface area contributed by atoms with Crippen molar-refractivity contribution in [3.8, 4) is 23.0 Å². The largest absolute Gasteiger partial charge is 0.493 e. The van der Waals surface area contributed by atoms with E-state index in [-0.39, 0.29) is 12.4 Å². The summed E-state index contributed by atoms with van der Waals surface area (Å²) < 4.78 is 21.2. The topological polar surface area (TPSA) is 80.0 Å². The van der Waals surface area contributed by atoms with Gasteiger partial charge in [-0.15, -0.1) is 0 Å². The molecule has 6 nitrogen and oxygen atoms in total. The van der Waals surface area contributed by atoms with E-state index in [0.717, 1.165) is 0 Å². The highest BCUT2D eigenvalue weighted by Crippen LogP contribution is 2.39. The number of Topliss-reactive ketones (excluding diaryl/α,β-unsaturated/α-hetero) is 1. The maximum atomic E-state index is 12.4. The van der Waals surface area contributed by atoms with Gasteiger partial charge in [-0.2, -0.15) is 0 Å². The summed E-state index contributed by atoms with van der Waals surface area (Å²) in [6.45, 7) is -0.144. The lowest BCUT2D eigenvalue weighted by Crippen LogP contribution is -2.13. The molecule has 2 aromatic rings.